The van der Waals surface area contributed by atoms with Gasteiger partial charge in [-0.15, -0.1) is 0 Å². The quantitative estimate of drug-likeness (QED) is 0.639. The van der Waals surface area contributed by atoms with E-state index in [2.05, 4.69) is 17.6 Å². The summed E-state index contributed by atoms with van der Waals surface area (Å²) < 4.78 is 5.47. The Morgan fingerprint density at radius 2 is 2.20 bits per heavy atom. The summed E-state index contributed by atoms with van der Waals surface area (Å²) in [6.07, 6.45) is 2.86. The SMILES string of the molecule is CCNCCCNC(=O)C1CCC(C)O1. The van der Waals surface area contributed by atoms with E-state index in [0.29, 0.717) is 0 Å². The van der Waals surface area contributed by atoms with Crippen molar-refractivity contribution in [2.45, 2.75) is 45.3 Å². The molecule has 2 N–H and O–H groups in total. The van der Waals surface area contributed by atoms with E-state index in [9.17, 15) is 4.79 Å². The summed E-state index contributed by atoms with van der Waals surface area (Å²) in [5.74, 6) is 0.0517. The number of hydrogen-bond acceptors (Lipinski definition) is 3. The summed E-state index contributed by atoms with van der Waals surface area (Å²) in [4.78, 5) is 11.6. The summed E-state index contributed by atoms with van der Waals surface area (Å²) in [5.41, 5.74) is 0. The summed E-state index contributed by atoms with van der Waals surface area (Å²) >= 11 is 0. The molecule has 2 unspecified atom stereocenters. The standard InChI is InChI=1S/C11H22N2O2/c1-3-12-7-4-8-13-11(14)10-6-5-9(2)15-10/h9-10,12H,3-8H2,1-2H3,(H,13,14). The Morgan fingerprint density at radius 3 is 2.80 bits per heavy atom. The molecule has 0 aromatic carbocycles. The molecule has 1 amide bonds. The first-order chi connectivity index (χ1) is 7.24. The smallest absolute Gasteiger partial charge is 0.249 e. The van der Waals surface area contributed by atoms with Crippen molar-refractivity contribution >= 4 is 5.91 Å². The number of carbonyl (C=O) groups excluding carboxylic acids is 1. The molecular weight excluding hydrogens is 192 g/mol. The van der Waals surface area contributed by atoms with Gasteiger partial charge in [-0.3, -0.25) is 4.79 Å². The number of carbonyl (C=O) groups is 1. The topological polar surface area (TPSA) is 50.4 Å². The Hall–Kier alpha value is -0.610. The molecular formula is C11H22N2O2. The molecule has 0 aromatic heterocycles. The first kappa shape index (κ1) is 12.5. The number of nitrogens with one attached hydrogen (secondary N) is 2. The third-order valence-electron chi connectivity index (χ3n) is 2.60. The molecule has 0 aromatic rings. The molecule has 0 radical (unpaired) electrons. The molecule has 4 nitrogen and oxygen atoms in total. The van der Waals surface area contributed by atoms with Gasteiger partial charge in [-0.05, 0) is 39.3 Å². The van der Waals surface area contributed by atoms with Gasteiger partial charge < -0.3 is 15.4 Å². The van der Waals surface area contributed by atoms with Gasteiger partial charge in [0, 0.05) is 6.54 Å². The molecule has 0 aliphatic carbocycles. The number of amides is 1. The van der Waals surface area contributed by atoms with Crippen molar-refractivity contribution in [3.63, 3.8) is 0 Å². The van der Waals surface area contributed by atoms with Crippen molar-refractivity contribution in [1.29, 1.82) is 0 Å². The van der Waals surface area contributed by atoms with E-state index < -0.39 is 0 Å². The van der Waals surface area contributed by atoms with Crippen LogP contribution in [0, 0.1) is 0 Å². The Bertz CT molecular complexity index is 197. The predicted molar refractivity (Wildman–Crippen MR) is 59.7 cm³/mol. The zero-order valence-corrected chi connectivity index (χ0v) is 9.71. The zero-order valence-electron chi connectivity index (χ0n) is 9.71. The Kier molecular flexibility index (Phi) is 5.65. The summed E-state index contributed by atoms with van der Waals surface area (Å²) in [7, 11) is 0. The van der Waals surface area contributed by atoms with E-state index >= 15 is 0 Å². The lowest BCUT2D eigenvalue weighted by Crippen LogP contribution is -2.36. The van der Waals surface area contributed by atoms with Crippen LogP contribution in [0.2, 0.25) is 0 Å². The number of ether oxygens (including phenoxy) is 1. The van der Waals surface area contributed by atoms with Gasteiger partial charge in [0.25, 0.3) is 0 Å². The van der Waals surface area contributed by atoms with E-state index in [4.69, 9.17) is 4.74 Å². The van der Waals surface area contributed by atoms with E-state index in [0.717, 1.165) is 38.9 Å². The third kappa shape index (κ3) is 4.62. The first-order valence-electron chi connectivity index (χ1n) is 5.88. The van der Waals surface area contributed by atoms with Crippen LogP contribution < -0.4 is 10.6 Å². The summed E-state index contributed by atoms with van der Waals surface area (Å²) in [6, 6.07) is 0. The Balaban J connectivity index is 2.03. The number of hydrogen-bond donors (Lipinski definition) is 2. The minimum absolute atomic E-state index is 0.0517. The molecule has 1 saturated heterocycles. The maximum absolute atomic E-state index is 11.6. The average molecular weight is 214 g/mol. The molecule has 2 atom stereocenters. The zero-order chi connectivity index (χ0) is 11.1. The van der Waals surface area contributed by atoms with Gasteiger partial charge in [-0.1, -0.05) is 6.92 Å². The minimum atomic E-state index is -0.209. The van der Waals surface area contributed by atoms with Gasteiger partial charge in [-0.25, -0.2) is 0 Å². The average Bonchev–Trinajstić information content (AvgIpc) is 2.64. The van der Waals surface area contributed by atoms with Gasteiger partial charge in [0.15, 0.2) is 0 Å². The largest absolute Gasteiger partial charge is 0.365 e. The minimum Gasteiger partial charge on any atom is -0.365 e. The van der Waals surface area contributed by atoms with E-state index in [1.165, 1.54) is 0 Å². The fraction of sp³-hybridized carbons (Fsp3) is 0.909. The molecule has 88 valence electrons. The van der Waals surface area contributed by atoms with Crippen molar-refractivity contribution in [3.8, 4) is 0 Å². The Morgan fingerprint density at radius 1 is 1.40 bits per heavy atom. The second-order valence-electron chi connectivity index (χ2n) is 4.01. The highest BCUT2D eigenvalue weighted by Gasteiger charge is 2.27. The van der Waals surface area contributed by atoms with Crippen molar-refractivity contribution < 1.29 is 9.53 Å². The van der Waals surface area contributed by atoms with Crippen molar-refractivity contribution in [2.24, 2.45) is 0 Å². The second kappa shape index (κ2) is 6.80. The van der Waals surface area contributed by atoms with Crippen LogP contribution in [0.3, 0.4) is 0 Å². The van der Waals surface area contributed by atoms with Crippen molar-refractivity contribution in [2.75, 3.05) is 19.6 Å². The number of rotatable bonds is 6. The highest BCUT2D eigenvalue weighted by atomic mass is 16.5. The van der Waals surface area contributed by atoms with Crippen LogP contribution >= 0.6 is 0 Å². The fourth-order valence-electron chi connectivity index (χ4n) is 1.71. The lowest BCUT2D eigenvalue weighted by Gasteiger charge is -2.11. The van der Waals surface area contributed by atoms with E-state index in [-0.39, 0.29) is 18.1 Å². The first-order valence-corrected chi connectivity index (χ1v) is 5.88. The highest BCUT2D eigenvalue weighted by molar-refractivity contribution is 5.80. The molecule has 1 aliphatic heterocycles. The van der Waals surface area contributed by atoms with Gasteiger partial charge in [-0.2, -0.15) is 0 Å². The molecule has 1 rings (SSSR count). The monoisotopic (exact) mass is 214 g/mol. The highest BCUT2D eigenvalue weighted by Crippen LogP contribution is 2.18. The molecule has 0 saturated carbocycles. The molecule has 15 heavy (non-hydrogen) atoms. The van der Waals surface area contributed by atoms with Crippen LogP contribution in [0.4, 0.5) is 0 Å². The van der Waals surface area contributed by atoms with Crippen LogP contribution in [-0.2, 0) is 9.53 Å². The molecule has 0 bridgehead atoms. The fourth-order valence-corrected chi connectivity index (χ4v) is 1.71. The van der Waals surface area contributed by atoms with E-state index in [1.54, 1.807) is 0 Å². The van der Waals surface area contributed by atoms with Crippen LogP contribution in [0.25, 0.3) is 0 Å². The summed E-state index contributed by atoms with van der Waals surface area (Å²) in [6.45, 7) is 6.76. The van der Waals surface area contributed by atoms with Crippen molar-refractivity contribution in [3.05, 3.63) is 0 Å². The lowest BCUT2D eigenvalue weighted by molar-refractivity contribution is -0.131. The van der Waals surface area contributed by atoms with Gasteiger partial charge in [0.05, 0.1) is 6.10 Å². The third-order valence-corrected chi connectivity index (χ3v) is 2.60. The molecule has 1 heterocycles. The normalized spacial score (nSPS) is 25.5. The predicted octanol–water partition coefficient (Wildman–Crippen LogP) is 0.670. The summed E-state index contributed by atoms with van der Waals surface area (Å²) in [5, 5.41) is 6.12. The molecule has 1 fully saturated rings. The van der Waals surface area contributed by atoms with Gasteiger partial charge in [0.2, 0.25) is 5.91 Å². The van der Waals surface area contributed by atoms with Crippen LogP contribution in [-0.4, -0.2) is 37.7 Å². The van der Waals surface area contributed by atoms with Gasteiger partial charge >= 0.3 is 0 Å². The molecule has 0 spiro atoms. The lowest BCUT2D eigenvalue weighted by atomic mass is 10.2. The Labute approximate surface area is 91.8 Å². The van der Waals surface area contributed by atoms with Gasteiger partial charge in [0.1, 0.15) is 6.10 Å². The molecule has 1 aliphatic rings. The maximum Gasteiger partial charge on any atom is 0.249 e. The maximum atomic E-state index is 11.6. The van der Waals surface area contributed by atoms with E-state index in [1.807, 2.05) is 6.92 Å². The van der Waals surface area contributed by atoms with Crippen LogP contribution in [0.5, 0.6) is 0 Å². The second-order valence-corrected chi connectivity index (χ2v) is 4.01. The van der Waals surface area contributed by atoms with Crippen LogP contribution in [0.15, 0.2) is 0 Å². The van der Waals surface area contributed by atoms with Crippen LogP contribution in [0.1, 0.15) is 33.1 Å². The molecule has 4 heteroatoms. The van der Waals surface area contributed by atoms with Crippen molar-refractivity contribution in [1.82, 2.24) is 10.6 Å².